The lowest BCUT2D eigenvalue weighted by atomic mass is 10.2. The van der Waals surface area contributed by atoms with Crippen molar-refractivity contribution in [1.82, 2.24) is 20.0 Å². The summed E-state index contributed by atoms with van der Waals surface area (Å²) in [6.07, 6.45) is 3.70. The molecule has 0 saturated carbocycles. The summed E-state index contributed by atoms with van der Waals surface area (Å²) < 4.78 is 5.32. The maximum atomic E-state index is 5.32. The zero-order valence-electron chi connectivity index (χ0n) is 10.9. The number of aromatic nitrogens is 3. The number of nitrogens with one attached hydrogen (secondary N) is 2. The lowest BCUT2D eigenvalue weighted by molar-refractivity contribution is 0.269. The molecule has 0 atom stereocenters. The Kier molecular flexibility index (Phi) is 4.52. The molecular weight excluding hydrogens is 232 g/mol. The summed E-state index contributed by atoms with van der Waals surface area (Å²) in [5.74, 6) is 1.03. The second-order valence-corrected chi connectivity index (χ2v) is 4.11. The van der Waals surface area contributed by atoms with Gasteiger partial charge in [0, 0.05) is 20.1 Å². The number of hydrazine groups is 1. The maximum absolute atomic E-state index is 5.32. The van der Waals surface area contributed by atoms with E-state index >= 15 is 0 Å². The van der Waals surface area contributed by atoms with E-state index < -0.39 is 0 Å². The molecule has 0 bridgehead atoms. The molecule has 0 amide bonds. The highest BCUT2D eigenvalue weighted by Gasteiger charge is 2.13. The summed E-state index contributed by atoms with van der Waals surface area (Å²) in [4.78, 5) is 12.6. The summed E-state index contributed by atoms with van der Waals surface area (Å²) in [6, 6.07) is 0.344. The van der Waals surface area contributed by atoms with Crippen LogP contribution < -0.4 is 15.5 Å². The Morgan fingerprint density at radius 3 is 2.50 bits per heavy atom. The molecule has 2 rings (SSSR count). The number of anilines is 2. The monoisotopic (exact) mass is 252 g/mol. The van der Waals surface area contributed by atoms with E-state index in [1.165, 1.54) is 19.3 Å². The Morgan fingerprint density at radius 2 is 1.83 bits per heavy atom. The molecule has 2 N–H and O–H groups in total. The van der Waals surface area contributed by atoms with Crippen molar-refractivity contribution in [1.29, 1.82) is 0 Å². The number of hydrogen-bond donors (Lipinski definition) is 2. The van der Waals surface area contributed by atoms with Crippen molar-refractivity contribution in [3.05, 3.63) is 0 Å². The number of piperidine rings is 1. The third kappa shape index (κ3) is 3.43. The van der Waals surface area contributed by atoms with Gasteiger partial charge in [-0.3, -0.25) is 5.43 Å². The summed E-state index contributed by atoms with van der Waals surface area (Å²) in [5.41, 5.74) is 3.21. The van der Waals surface area contributed by atoms with Gasteiger partial charge < -0.3 is 10.1 Å². The topological polar surface area (TPSA) is 75.2 Å². The summed E-state index contributed by atoms with van der Waals surface area (Å²) >= 11 is 0. The predicted molar refractivity (Wildman–Crippen MR) is 69.6 cm³/mol. The molecule has 0 unspecified atom stereocenters. The van der Waals surface area contributed by atoms with Crippen molar-refractivity contribution in [3.8, 4) is 6.01 Å². The SMILES string of the molecule is CCOc1nc(NC)nc(NN2CCCCC2)n1. The van der Waals surface area contributed by atoms with Gasteiger partial charge >= 0.3 is 6.01 Å². The van der Waals surface area contributed by atoms with Gasteiger partial charge in [0.05, 0.1) is 6.61 Å². The summed E-state index contributed by atoms with van der Waals surface area (Å²) in [5, 5.41) is 5.04. The fraction of sp³-hybridized carbons (Fsp3) is 0.727. The minimum absolute atomic E-state index is 0.344. The minimum atomic E-state index is 0.344. The molecule has 100 valence electrons. The number of nitrogens with zero attached hydrogens (tertiary/aromatic N) is 4. The standard InChI is InChI=1S/C11H20N6O/c1-3-18-11-14-9(12-2)13-10(15-11)16-17-7-5-4-6-8-17/h3-8H2,1-2H3,(H2,12,13,14,15,16). The van der Waals surface area contributed by atoms with E-state index in [1.54, 1.807) is 7.05 Å². The van der Waals surface area contributed by atoms with Crippen LogP contribution in [0.3, 0.4) is 0 Å². The van der Waals surface area contributed by atoms with Crippen LogP contribution in [0.25, 0.3) is 0 Å². The molecule has 0 spiro atoms. The van der Waals surface area contributed by atoms with Gasteiger partial charge in [0.15, 0.2) is 0 Å². The van der Waals surface area contributed by atoms with Crippen molar-refractivity contribution >= 4 is 11.9 Å². The third-order valence-corrected chi connectivity index (χ3v) is 2.73. The van der Waals surface area contributed by atoms with Crippen LogP contribution in [-0.2, 0) is 0 Å². The van der Waals surface area contributed by atoms with E-state index in [1.807, 2.05) is 6.92 Å². The maximum Gasteiger partial charge on any atom is 0.323 e. The predicted octanol–water partition coefficient (Wildman–Crippen LogP) is 1.12. The van der Waals surface area contributed by atoms with Crippen molar-refractivity contribution in [2.45, 2.75) is 26.2 Å². The summed E-state index contributed by atoms with van der Waals surface area (Å²) in [6.45, 7) is 4.48. The average Bonchev–Trinajstić information content (AvgIpc) is 2.40. The molecule has 7 nitrogen and oxygen atoms in total. The van der Waals surface area contributed by atoms with E-state index in [9.17, 15) is 0 Å². The van der Waals surface area contributed by atoms with Crippen molar-refractivity contribution in [2.24, 2.45) is 0 Å². The highest BCUT2D eigenvalue weighted by atomic mass is 16.5. The van der Waals surface area contributed by atoms with Gasteiger partial charge in [-0.05, 0) is 19.8 Å². The third-order valence-electron chi connectivity index (χ3n) is 2.73. The van der Waals surface area contributed by atoms with Crippen LogP contribution in [0, 0.1) is 0 Å². The molecule has 2 heterocycles. The molecule has 1 aromatic heterocycles. The zero-order chi connectivity index (χ0) is 12.8. The van der Waals surface area contributed by atoms with Gasteiger partial charge in [-0.25, -0.2) is 5.01 Å². The van der Waals surface area contributed by atoms with E-state index in [-0.39, 0.29) is 0 Å². The largest absolute Gasteiger partial charge is 0.464 e. The second kappa shape index (κ2) is 6.34. The van der Waals surface area contributed by atoms with E-state index in [4.69, 9.17) is 4.74 Å². The van der Waals surface area contributed by atoms with Crippen LogP contribution in [0.1, 0.15) is 26.2 Å². The first-order valence-corrected chi connectivity index (χ1v) is 6.40. The normalized spacial score (nSPS) is 16.3. The van der Waals surface area contributed by atoms with Crippen LogP contribution in [-0.4, -0.2) is 46.7 Å². The van der Waals surface area contributed by atoms with Gasteiger partial charge in [0.2, 0.25) is 11.9 Å². The van der Waals surface area contributed by atoms with E-state index in [2.05, 4.69) is 30.7 Å². The summed E-state index contributed by atoms with van der Waals surface area (Å²) in [7, 11) is 1.77. The molecule has 7 heteroatoms. The molecule has 1 aromatic rings. The lowest BCUT2D eigenvalue weighted by Gasteiger charge is -2.26. The molecule has 1 fully saturated rings. The van der Waals surface area contributed by atoms with Gasteiger partial charge in [-0.2, -0.15) is 15.0 Å². The Balaban J connectivity index is 2.07. The van der Waals surface area contributed by atoms with Crippen LogP contribution in [0.2, 0.25) is 0 Å². The van der Waals surface area contributed by atoms with Gasteiger partial charge in [-0.1, -0.05) is 6.42 Å². The molecule has 0 radical (unpaired) electrons. The smallest absolute Gasteiger partial charge is 0.323 e. The molecule has 1 aliphatic heterocycles. The van der Waals surface area contributed by atoms with Gasteiger partial charge in [0.25, 0.3) is 0 Å². The van der Waals surface area contributed by atoms with E-state index in [0.717, 1.165) is 13.1 Å². The minimum Gasteiger partial charge on any atom is -0.464 e. The Labute approximate surface area is 107 Å². The van der Waals surface area contributed by atoms with Crippen LogP contribution in [0.4, 0.5) is 11.9 Å². The van der Waals surface area contributed by atoms with Crippen molar-refractivity contribution in [3.63, 3.8) is 0 Å². The van der Waals surface area contributed by atoms with Crippen LogP contribution in [0.5, 0.6) is 6.01 Å². The lowest BCUT2D eigenvalue weighted by Crippen LogP contribution is -2.35. The number of ether oxygens (including phenoxy) is 1. The molecular formula is C11H20N6O. The highest BCUT2D eigenvalue weighted by Crippen LogP contribution is 2.14. The second-order valence-electron chi connectivity index (χ2n) is 4.11. The van der Waals surface area contributed by atoms with Crippen LogP contribution in [0.15, 0.2) is 0 Å². The van der Waals surface area contributed by atoms with Gasteiger partial charge in [0.1, 0.15) is 0 Å². The Hall–Kier alpha value is -1.63. The highest BCUT2D eigenvalue weighted by molar-refractivity contribution is 5.34. The number of hydrogen-bond acceptors (Lipinski definition) is 7. The first kappa shape index (κ1) is 12.8. The van der Waals surface area contributed by atoms with Gasteiger partial charge in [-0.15, -0.1) is 0 Å². The first-order valence-electron chi connectivity index (χ1n) is 6.40. The van der Waals surface area contributed by atoms with Crippen molar-refractivity contribution in [2.75, 3.05) is 37.5 Å². The quantitative estimate of drug-likeness (QED) is 0.813. The average molecular weight is 252 g/mol. The fourth-order valence-corrected chi connectivity index (χ4v) is 1.86. The Morgan fingerprint density at radius 1 is 1.11 bits per heavy atom. The molecule has 1 saturated heterocycles. The first-order chi connectivity index (χ1) is 8.81. The van der Waals surface area contributed by atoms with Crippen LogP contribution >= 0.6 is 0 Å². The van der Waals surface area contributed by atoms with Crippen molar-refractivity contribution < 1.29 is 4.74 Å². The molecule has 0 aliphatic carbocycles. The Bertz CT molecular complexity index is 380. The fourth-order valence-electron chi connectivity index (χ4n) is 1.86. The zero-order valence-corrected chi connectivity index (χ0v) is 10.9. The molecule has 18 heavy (non-hydrogen) atoms. The molecule has 1 aliphatic rings. The van der Waals surface area contributed by atoms with E-state index in [0.29, 0.717) is 24.5 Å². The number of rotatable bonds is 5. The molecule has 0 aromatic carbocycles.